The SMILES string of the molecule is CCC(C)(NC(=O)OCC1c2ccccc2-c2ccccc21)C(=O)N[C@H](C(=O)O)[C@@H](C)OCc1ccccc1. The molecule has 1 aliphatic carbocycles. The molecule has 0 saturated heterocycles. The molecule has 3 aromatic rings. The summed E-state index contributed by atoms with van der Waals surface area (Å²) in [6.45, 7) is 5.16. The van der Waals surface area contributed by atoms with Gasteiger partial charge in [-0.2, -0.15) is 0 Å². The second kappa shape index (κ2) is 12.1. The monoisotopic (exact) mass is 530 g/mol. The van der Waals surface area contributed by atoms with Crippen LogP contribution in [-0.2, 0) is 25.7 Å². The van der Waals surface area contributed by atoms with Crippen LogP contribution in [0.25, 0.3) is 11.1 Å². The number of carbonyl (C=O) groups excluding carboxylic acids is 2. The summed E-state index contributed by atoms with van der Waals surface area (Å²) in [4.78, 5) is 38.0. The number of hydrogen-bond acceptors (Lipinski definition) is 5. The molecular weight excluding hydrogens is 496 g/mol. The normalized spacial score (nSPS) is 15.3. The first-order valence-corrected chi connectivity index (χ1v) is 13.1. The highest BCUT2D eigenvalue weighted by Gasteiger charge is 2.38. The molecular formula is C31H34N2O6. The highest BCUT2D eigenvalue weighted by molar-refractivity contribution is 5.92. The zero-order valence-electron chi connectivity index (χ0n) is 22.3. The van der Waals surface area contributed by atoms with Crippen LogP contribution in [-0.4, -0.2) is 47.4 Å². The van der Waals surface area contributed by atoms with Gasteiger partial charge in [0.1, 0.15) is 12.1 Å². The molecule has 204 valence electrons. The Morgan fingerprint density at radius 1 is 0.923 bits per heavy atom. The zero-order chi connectivity index (χ0) is 28.0. The molecule has 0 aliphatic heterocycles. The van der Waals surface area contributed by atoms with Crippen molar-refractivity contribution in [2.75, 3.05) is 6.61 Å². The molecule has 0 bridgehead atoms. The molecule has 8 nitrogen and oxygen atoms in total. The van der Waals surface area contributed by atoms with Crippen molar-refractivity contribution < 1.29 is 29.0 Å². The van der Waals surface area contributed by atoms with Crippen LogP contribution in [0.5, 0.6) is 0 Å². The number of hydrogen-bond donors (Lipinski definition) is 3. The molecule has 0 aromatic heterocycles. The summed E-state index contributed by atoms with van der Waals surface area (Å²) in [5, 5.41) is 15.0. The minimum absolute atomic E-state index is 0.101. The maximum atomic E-state index is 13.2. The fourth-order valence-corrected chi connectivity index (χ4v) is 4.74. The standard InChI is InChI=1S/C31H34N2O6/c1-4-31(3,29(36)32-27(28(34)35)20(2)38-18-21-12-6-5-7-13-21)33-30(37)39-19-26-24-16-10-8-14-22(24)23-15-9-11-17-25(23)26/h5-17,20,26-27H,4,18-19H2,1-3H3,(H,32,36)(H,33,37)(H,34,35)/t20-,27+,31?/m1/s1. The third-order valence-corrected chi connectivity index (χ3v) is 7.31. The van der Waals surface area contributed by atoms with E-state index in [0.717, 1.165) is 27.8 Å². The quantitative estimate of drug-likeness (QED) is 0.326. The van der Waals surface area contributed by atoms with Crippen LogP contribution >= 0.6 is 0 Å². The van der Waals surface area contributed by atoms with Gasteiger partial charge < -0.3 is 25.2 Å². The van der Waals surface area contributed by atoms with Gasteiger partial charge in [0.15, 0.2) is 6.04 Å². The molecule has 1 unspecified atom stereocenters. The van der Waals surface area contributed by atoms with Gasteiger partial charge in [0.2, 0.25) is 5.91 Å². The Morgan fingerprint density at radius 3 is 2.05 bits per heavy atom. The summed E-state index contributed by atoms with van der Waals surface area (Å²) in [6, 6.07) is 24.1. The molecule has 0 fully saturated rings. The Labute approximate surface area is 228 Å². The molecule has 0 heterocycles. The van der Waals surface area contributed by atoms with E-state index in [4.69, 9.17) is 9.47 Å². The fraction of sp³-hybridized carbons (Fsp3) is 0.323. The van der Waals surface area contributed by atoms with Crippen LogP contribution < -0.4 is 10.6 Å². The largest absolute Gasteiger partial charge is 0.480 e. The van der Waals surface area contributed by atoms with Crippen LogP contribution in [0.15, 0.2) is 78.9 Å². The lowest BCUT2D eigenvalue weighted by Crippen LogP contribution is -2.61. The second-order valence-electron chi connectivity index (χ2n) is 9.93. The molecule has 0 saturated carbocycles. The Bertz CT molecular complexity index is 1280. The first-order chi connectivity index (χ1) is 18.7. The Balaban J connectivity index is 1.37. The molecule has 3 aromatic carbocycles. The maximum Gasteiger partial charge on any atom is 0.408 e. The molecule has 0 radical (unpaired) electrons. The molecule has 1 aliphatic rings. The van der Waals surface area contributed by atoms with E-state index in [1.165, 1.54) is 6.92 Å². The van der Waals surface area contributed by atoms with E-state index in [2.05, 4.69) is 22.8 Å². The first-order valence-electron chi connectivity index (χ1n) is 13.1. The second-order valence-corrected chi connectivity index (χ2v) is 9.93. The third-order valence-electron chi connectivity index (χ3n) is 7.31. The molecule has 3 N–H and O–H groups in total. The van der Waals surface area contributed by atoms with Crippen molar-refractivity contribution in [3.8, 4) is 11.1 Å². The van der Waals surface area contributed by atoms with Gasteiger partial charge in [0.25, 0.3) is 0 Å². The van der Waals surface area contributed by atoms with Gasteiger partial charge in [-0.05, 0) is 48.1 Å². The lowest BCUT2D eigenvalue weighted by molar-refractivity contribution is -0.147. The zero-order valence-corrected chi connectivity index (χ0v) is 22.3. The van der Waals surface area contributed by atoms with E-state index in [1.807, 2.05) is 66.7 Å². The minimum Gasteiger partial charge on any atom is -0.480 e. The lowest BCUT2D eigenvalue weighted by atomic mass is 9.96. The summed E-state index contributed by atoms with van der Waals surface area (Å²) in [5.74, 6) is -1.99. The number of amides is 2. The predicted molar refractivity (Wildman–Crippen MR) is 147 cm³/mol. The summed E-state index contributed by atoms with van der Waals surface area (Å²) >= 11 is 0. The fourth-order valence-electron chi connectivity index (χ4n) is 4.74. The van der Waals surface area contributed by atoms with Crippen molar-refractivity contribution in [2.45, 2.75) is 57.4 Å². The predicted octanol–water partition coefficient (Wildman–Crippen LogP) is 4.87. The van der Waals surface area contributed by atoms with Crippen molar-refractivity contribution in [1.29, 1.82) is 0 Å². The number of carboxylic acids is 1. The number of carboxylic acid groups (broad SMARTS) is 1. The van der Waals surface area contributed by atoms with Crippen LogP contribution in [0.1, 0.15) is 49.8 Å². The van der Waals surface area contributed by atoms with Gasteiger partial charge in [-0.25, -0.2) is 9.59 Å². The summed E-state index contributed by atoms with van der Waals surface area (Å²) in [7, 11) is 0. The smallest absolute Gasteiger partial charge is 0.408 e. The number of fused-ring (bicyclic) bond motifs is 3. The lowest BCUT2D eigenvalue weighted by Gasteiger charge is -2.31. The number of rotatable bonds is 11. The third kappa shape index (κ3) is 6.29. The summed E-state index contributed by atoms with van der Waals surface area (Å²) in [6.07, 6.45) is -1.35. The summed E-state index contributed by atoms with van der Waals surface area (Å²) < 4.78 is 11.3. The van der Waals surface area contributed by atoms with Gasteiger partial charge >= 0.3 is 12.1 Å². The Hall–Kier alpha value is -4.17. The highest BCUT2D eigenvalue weighted by Crippen LogP contribution is 2.44. The van der Waals surface area contributed by atoms with E-state index < -0.39 is 35.7 Å². The van der Waals surface area contributed by atoms with Crippen LogP contribution in [0.4, 0.5) is 4.79 Å². The van der Waals surface area contributed by atoms with Gasteiger partial charge in [0, 0.05) is 5.92 Å². The molecule has 0 spiro atoms. The Kier molecular flexibility index (Phi) is 8.66. The van der Waals surface area contributed by atoms with Crippen LogP contribution in [0.3, 0.4) is 0 Å². The number of benzene rings is 3. The van der Waals surface area contributed by atoms with Crippen LogP contribution in [0.2, 0.25) is 0 Å². The molecule has 39 heavy (non-hydrogen) atoms. The van der Waals surface area contributed by atoms with E-state index in [1.54, 1.807) is 13.8 Å². The van der Waals surface area contributed by atoms with Crippen molar-refractivity contribution >= 4 is 18.0 Å². The molecule has 3 atom stereocenters. The van der Waals surface area contributed by atoms with Crippen molar-refractivity contribution in [3.63, 3.8) is 0 Å². The topological polar surface area (TPSA) is 114 Å². The average molecular weight is 531 g/mol. The van der Waals surface area contributed by atoms with Crippen LogP contribution in [0, 0.1) is 0 Å². The van der Waals surface area contributed by atoms with E-state index >= 15 is 0 Å². The van der Waals surface area contributed by atoms with E-state index in [9.17, 15) is 19.5 Å². The summed E-state index contributed by atoms with van der Waals surface area (Å²) in [5.41, 5.74) is 3.88. The Morgan fingerprint density at radius 2 is 1.49 bits per heavy atom. The number of nitrogens with one attached hydrogen (secondary N) is 2. The van der Waals surface area contributed by atoms with Gasteiger partial charge in [-0.15, -0.1) is 0 Å². The molecule has 2 amide bonds. The number of ether oxygens (including phenoxy) is 2. The number of alkyl carbamates (subject to hydrolysis) is 1. The molecule has 8 heteroatoms. The van der Waals surface area contributed by atoms with Gasteiger partial charge in [-0.3, -0.25) is 4.79 Å². The first kappa shape index (κ1) is 27.9. The van der Waals surface area contributed by atoms with Gasteiger partial charge in [-0.1, -0.05) is 85.8 Å². The highest BCUT2D eigenvalue weighted by atomic mass is 16.5. The maximum absolute atomic E-state index is 13.2. The van der Waals surface area contributed by atoms with Crippen molar-refractivity contribution in [3.05, 3.63) is 95.6 Å². The van der Waals surface area contributed by atoms with E-state index in [-0.39, 0.29) is 25.6 Å². The van der Waals surface area contributed by atoms with Crippen molar-refractivity contribution in [1.82, 2.24) is 10.6 Å². The number of aliphatic carboxylic acids is 1. The minimum atomic E-state index is -1.39. The number of carbonyl (C=O) groups is 3. The van der Waals surface area contributed by atoms with E-state index in [0.29, 0.717) is 0 Å². The average Bonchev–Trinajstić information content (AvgIpc) is 3.27. The van der Waals surface area contributed by atoms with Gasteiger partial charge in [0.05, 0.1) is 12.7 Å². The van der Waals surface area contributed by atoms with Crippen molar-refractivity contribution in [2.24, 2.45) is 0 Å². The molecule has 4 rings (SSSR count).